The summed E-state index contributed by atoms with van der Waals surface area (Å²) >= 11 is 0. The second-order valence-electron chi connectivity index (χ2n) is 6.67. The first-order valence-electron chi connectivity index (χ1n) is 7.92. The van der Waals surface area contributed by atoms with Crippen LogP contribution >= 0.6 is 0 Å². The number of rotatable bonds is 3. The fourth-order valence-corrected chi connectivity index (χ4v) is 3.55. The summed E-state index contributed by atoms with van der Waals surface area (Å²) in [6, 6.07) is 6.64. The van der Waals surface area contributed by atoms with Gasteiger partial charge >= 0.3 is 0 Å². The second kappa shape index (κ2) is 5.80. The molecule has 0 amide bonds. The number of para-hydroxylation sites is 1. The van der Waals surface area contributed by atoms with Crippen molar-refractivity contribution >= 4 is 11.0 Å². The van der Waals surface area contributed by atoms with Crippen LogP contribution in [-0.2, 0) is 0 Å². The summed E-state index contributed by atoms with van der Waals surface area (Å²) in [5, 5.41) is 11.3. The lowest BCUT2D eigenvalue weighted by molar-refractivity contribution is 0.0514. The van der Waals surface area contributed by atoms with Gasteiger partial charge in [0, 0.05) is 5.39 Å². The molecule has 1 saturated carbocycles. The monoisotopic (exact) mass is 290 g/mol. The standard InChI is InChI=1S/C18H23FO2/c1-11(2)12-6-8-13(9-7-12)17(20)16-10-14-4-3-5-15(19)18(14)21-16/h3-5,10-13,17,20H,6-9H2,1-2H3. The molecule has 1 atom stereocenters. The molecule has 1 fully saturated rings. The lowest BCUT2D eigenvalue weighted by Gasteiger charge is -2.32. The van der Waals surface area contributed by atoms with Crippen molar-refractivity contribution in [1.29, 1.82) is 0 Å². The summed E-state index contributed by atoms with van der Waals surface area (Å²) in [4.78, 5) is 0. The Kier molecular flexibility index (Phi) is 4.03. The highest BCUT2D eigenvalue weighted by Gasteiger charge is 2.30. The molecule has 1 N–H and O–H groups in total. The molecule has 1 heterocycles. The van der Waals surface area contributed by atoms with E-state index in [1.165, 1.54) is 6.07 Å². The molecule has 21 heavy (non-hydrogen) atoms. The van der Waals surface area contributed by atoms with E-state index in [0.29, 0.717) is 11.7 Å². The topological polar surface area (TPSA) is 33.4 Å². The lowest BCUT2D eigenvalue weighted by atomic mass is 9.75. The van der Waals surface area contributed by atoms with Crippen molar-refractivity contribution in [2.24, 2.45) is 17.8 Å². The summed E-state index contributed by atoms with van der Waals surface area (Å²) in [6.07, 6.45) is 3.74. The first-order valence-corrected chi connectivity index (χ1v) is 7.92. The fraction of sp³-hybridized carbons (Fsp3) is 0.556. The Morgan fingerprint density at radius 2 is 1.81 bits per heavy atom. The van der Waals surface area contributed by atoms with Gasteiger partial charge in [-0.1, -0.05) is 26.0 Å². The van der Waals surface area contributed by atoms with Crippen molar-refractivity contribution in [3.05, 3.63) is 35.8 Å². The number of aliphatic hydroxyl groups excluding tert-OH is 1. The summed E-state index contributed by atoms with van der Waals surface area (Å²) in [5.74, 6) is 1.84. The predicted octanol–water partition coefficient (Wildman–Crippen LogP) is 5.07. The van der Waals surface area contributed by atoms with Crippen LogP contribution < -0.4 is 0 Å². The number of hydrogen-bond donors (Lipinski definition) is 1. The summed E-state index contributed by atoms with van der Waals surface area (Å²) in [6.45, 7) is 4.53. The van der Waals surface area contributed by atoms with Gasteiger partial charge in [0.1, 0.15) is 11.9 Å². The highest BCUT2D eigenvalue weighted by atomic mass is 19.1. The molecule has 3 heteroatoms. The van der Waals surface area contributed by atoms with E-state index in [9.17, 15) is 9.50 Å². The third-order valence-corrected chi connectivity index (χ3v) is 5.01. The zero-order chi connectivity index (χ0) is 15.0. The van der Waals surface area contributed by atoms with Gasteiger partial charge in [-0.25, -0.2) is 4.39 Å². The second-order valence-corrected chi connectivity index (χ2v) is 6.67. The van der Waals surface area contributed by atoms with Crippen LogP contribution in [0.15, 0.2) is 28.7 Å². The van der Waals surface area contributed by atoms with E-state index < -0.39 is 6.10 Å². The molecule has 0 spiro atoms. The van der Waals surface area contributed by atoms with Gasteiger partial charge in [-0.05, 0) is 55.6 Å². The summed E-state index contributed by atoms with van der Waals surface area (Å²) in [5.41, 5.74) is 0.252. The van der Waals surface area contributed by atoms with Crippen LogP contribution in [0.4, 0.5) is 4.39 Å². The molecule has 0 aliphatic heterocycles. The van der Waals surface area contributed by atoms with Crippen LogP contribution in [0.2, 0.25) is 0 Å². The van der Waals surface area contributed by atoms with Crippen molar-refractivity contribution in [2.75, 3.05) is 0 Å². The van der Waals surface area contributed by atoms with Crippen LogP contribution in [-0.4, -0.2) is 5.11 Å². The molecule has 0 saturated heterocycles. The number of halogens is 1. The molecule has 114 valence electrons. The Bertz CT molecular complexity index is 609. The number of hydrogen-bond acceptors (Lipinski definition) is 2. The minimum Gasteiger partial charge on any atom is -0.455 e. The maximum absolute atomic E-state index is 13.7. The minimum absolute atomic E-state index is 0.226. The van der Waals surface area contributed by atoms with Gasteiger partial charge in [-0.2, -0.15) is 0 Å². The highest BCUT2D eigenvalue weighted by Crippen LogP contribution is 2.40. The maximum atomic E-state index is 13.7. The number of fused-ring (bicyclic) bond motifs is 1. The van der Waals surface area contributed by atoms with Crippen LogP contribution in [0.5, 0.6) is 0 Å². The normalized spacial score (nSPS) is 24.6. The maximum Gasteiger partial charge on any atom is 0.170 e. The Hall–Kier alpha value is -1.35. The fourth-order valence-electron chi connectivity index (χ4n) is 3.55. The third kappa shape index (κ3) is 2.84. The van der Waals surface area contributed by atoms with Crippen LogP contribution in [0.3, 0.4) is 0 Å². The molecule has 1 aliphatic carbocycles. The molecule has 3 rings (SSSR count). The molecule has 1 aromatic heterocycles. The van der Waals surface area contributed by atoms with Crippen molar-refractivity contribution < 1.29 is 13.9 Å². The van der Waals surface area contributed by atoms with Gasteiger partial charge in [-0.15, -0.1) is 0 Å². The van der Waals surface area contributed by atoms with Crippen molar-refractivity contribution in [2.45, 2.75) is 45.6 Å². The molecule has 2 nitrogen and oxygen atoms in total. The van der Waals surface area contributed by atoms with Crippen molar-refractivity contribution in [3.8, 4) is 0 Å². The molecule has 0 bridgehead atoms. The van der Waals surface area contributed by atoms with Gasteiger partial charge in [0.25, 0.3) is 0 Å². The van der Waals surface area contributed by atoms with E-state index >= 15 is 0 Å². The lowest BCUT2D eigenvalue weighted by Crippen LogP contribution is -2.22. The predicted molar refractivity (Wildman–Crippen MR) is 81.4 cm³/mol. The SMILES string of the molecule is CC(C)C1CCC(C(O)c2cc3cccc(F)c3o2)CC1. The number of benzene rings is 1. The Morgan fingerprint density at radius 3 is 2.43 bits per heavy atom. The van der Waals surface area contributed by atoms with Gasteiger partial charge < -0.3 is 9.52 Å². The first kappa shape index (κ1) is 14.6. The largest absolute Gasteiger partial charge is 0.455 e. The highest BCUT2D eigenvalue weighted by molar-refractivity contribution is 5.78. The van der Waals surface area contributed by atoms with E-state index in [0.717, 1.165) is 37.0 Å². The van der Waals surface area contributed by atoms with Crippen LogP contribution in [0.1, 0.15) is 51.4 Å². The first-order chi connectivity index (χ1) is 10.1. The smallest absolute Gasteiger partial charge is 0.170 e. The van der Waals surface area contributed by atoms with E-state index in [-0.39, 0.29) is 17.3 Å². The third-order valence-electron chi connectivity index (χ3n) is 5.01. The molecule has 2 aromatic rings. The van der Waals surface area contributed by atoms with E-state index in [1.807, 2.05) is 6.07 Å². The average Bonchev–Trinajstić information content (AvgIpc) is 2.92. The van der Waals surface area contributed by atoms with Gasteiger partial charge in [0.05, 0.1) is 0 Å². The Balaban J connectivity index is 1.75. The average molecular weight is 290 g/mol. The minimum atomic E-state index is -0.620. The van der Waals surface area contributed by atoms with E-state index in [4.69, 9.17) is 4.42 Å². The summed E-state index contributed by atoms with van der Waals surface area (Å²) < 4.78 is 19.2. The molecular weight excluding hydrogens is 267 g/mol. The summed E-state index contributed by atoms with van der Waals surface area (Å²) in [7, 11) is 0. The van der Waals surface area contributed by atoms with E-state index in [2.05, 4.69) is 13.8 Å². The zero-order valence-electron chi connectivity index (χ0n) is 12.7. The number of furan rings is 1. The number of aliphatic hydroxyl groups is 1. The van der Waals surface area contributed by atoms with Gasteiger partial charge in [0.15, 0.2) is 11.4 Å². The van der Waals surface area contributed by atoms with Gasteiger partial charge in [0.2, 0.25) is 0 Å². The molecule has 0 radical (unpaired) electrons. The molecular formula is C18H23FO2. The molecule has 1 unspecified atom stereocenters. The van der Waals surface area contributed by atoms with Crippen LogP contribution in [0, 0.1) is 23.6 Å². The van der Waals surface area contributed by atoms with Crippen molar-refractivity contribution in [1.82, 2.24) is 0 Å². The molecule has 1 aromatic carbocycles. The van der Waals surface area contributed by atoms with E-state index in [1.54, 1.807) is 12.1 Å². The zero-order valence-corrected chi connectivity index (χ0v) is 12.7. The quantitative estimate of drug-likeness (QED) is 0.856. The van der Waals surface area contributed by atoms with Crippen molar-refractivity contribution in [3.63, 3.8) is 0 Å². The Labute approximate surface area is 125 Å². The van der Waals surface area contributed by atoms with Crippen LogP contribution in [0.25, 0.3) is 11.0 Å². The van der Waals surface area contributed by atoms with Gasteiger partial charge in [-0.3, -0.25) is 0 Å². The Morgan fingerprint density at radius 1 is 1.14 bits per heavy atom. The molecule has 1 aliphatic rings.